The number of nitrogens with zero attached hydrogens (tertiary/aromatic N) is 1. The highest BCUT2D eigenvalue weighted by Crippen LogP contribution is 2.36. The van der Waals surface area contributed by atoms with E-state index in [-0.39, 0.29) is 5.56 Å². The van der Waals surface area contributed by atoms with Crippen molar-refractivity contribution in [3.63, 3.8) is 0 Å². The number of thiophene rings is 1. The molecule has 0 radical (unpaired) electrons. The molecule has 0 amide bonds. The lowest BCUT2D eigenvalue weighted by Crippen LogP contribution is -2.12. The van der Waals surface area contributed by atoms with E-state index in [0.717, 1.165) is 35.0 Å². The van der Waals surface area contributed by atoms with Gasteiger partial charge in [0.15, 0.2) is 23.0 Å². The molecule has 5 rings (SSSR count). The summed E-state index contributed by atoms with van der Waals surface area (Å²) in [6.45, 7) is 3.09. The Morgan fingerprint density at radius 1 is 0.943 bits per heavy atom. The maximum Gasteiger partial charge on any atom is 0.260 e. The Balaban J connectivity index is 1.34. The lowest BCUT2D eigenvalue weighted by atomic mass is 9.97. The van der Waals surface area contributed by atoms with Gasteiger partial charge in [-0.05, 0) is 68.5 Å². The highest BCUT2D eigenvalue weighted by molar-refractivity contribution is 7.18. The number of hydrogen-bond donors (Lipinski definition) is 1. The number of nitrogens with one attached hydrogen (secondary N) is 1. The monoisotopic (exact) mass is 492 g/mol. The van der Waals surface area contributed by atoms with E-state index in [1.807, 2.05) is 49.4 Å². The second-order valence-electron chi connectivity index (χ2n) is 8.25. The van der Waals surface area contributed by atoms with Crippen LogP contribution in [0.15, 0.2) is 47.3 Å². The van der Waals surface area contributed by atoms with E-state index < -0.39 is 0 Å². The fraction of sp³-hybridized carbons (Fsp3) is 0.333. The predicted molar refractivity (Wildman–Crippen MR) is 137 cm³/mol. The summed E-state index contributed by atoms with van der Waals surface area (Å²) in [6, 6.07) is 13.1. The summed E-state index contributed by atoms with van der Waals surface area (Å²) in [5.74, 6) is 3.08. The van der Waals surface area contributed by atoms with E-state index in [0.29, 0.717) is 48.6 Å². The van der Waals surface area contributed by atoms with Crippen LogP contribution in [-0.4, -0.2) is 36.9 Å². The fourth-order valence-electron chi connectivity index (χ4n) is 4.38. The first kappa shape index (κ1) is 23.2. The van der Waals surface area contributed by atoms with Gasteiger partial charge in [0.05, 0.1) is 19.1 Å². The predicted octanol–water partition coefficient (Wildman–Crippen LogP) is 5.40. The second-order valence-corrected chi connectivity index (χ2v) is 9.33. The number of fused-ring (bicyclic) bond motifs is 3. The van der Waals surface area contributed by atoms with Gasteiger partial charge >= 0.3 is 0 Å². The van der Waals surface area contributed by atoms with Crippen LogP contribution >= 0.6 is 11.3 Å². The van der Waals surface area contributed by atoms with Gasteiger partial charge in [-0.25, -0.2) is 4.98 Å². The Morgan fingerprint density at radius 3 is 2.46 bits per heavy atom. The van der Waals surface area contributed by atoms with Gasteiger partial charge < -0.3 is 23.9 Å². The van der Waals surface area contributed by atoms with Gasteiger partial charge in [0, 0.05) is 10.4 Å². The number of aryl methyl sites for hydroxylation is 2. The van der Waals surface area contributed by atoms with E-state index in [9.17, 15) is 4.79 Å². The molecule has 0 aliphatic heterocycles. The van der Waals surface area contributed by atoms with Gasteiger partial charge in [-0.15, -0.1) is 11.3 Å². The molecule has 4 aromatic rings. The molecule has 0 spiro atoms. The molecular formula is C27H28N2O5S. The number of H-pyrrole nitrogens is 1. The Bertz CT molecular complexity index is 1390. The Labute approximate surface area is 207 Å². The maximum atomic E-state index is 13.0. The van der Waals surface area contributed by atoms with Crippen LogP contribution in [0.25, 0.3) is 21.6 Å². The summed E-state index contributed by atoms with van der Waals surface area (Å²) >= 11 is 1.64. The quantitative estimate of drug-likeness (QED) is 0.315. The molecule has 8 heteroatoms. The van der Waals surface area contributed by atoms with Gasteiger partial charge in [0.1, 0.15) is 23.9 Å². The van der Waals surface area contributed by atoms with E-state index in [1.165, 1.54) is 16.9 Å². The van der Waals surface area contributed by atoms with Crippen molar-refractivity contribution in [3.05, 3.63) is 63.3 Å². The molecule has 0 saturated heterocycles. The number of benzene rings is 2. The van der Waals surface area contributed by atoms with Crippen molar-refractivity contribution in [1.82, 2.24) is 9.97 Å². The van der Waals surface area contributed by atoms with Crippen LogP contribution < -0.4 is 24.5 Å². The van der Waals surface area contributed by atoms with Gasteiger partial charge in [0.25, 0.3) is 5.56 Å². The van der Waals surface area contributed by atoms with Crippen LogP contribution in [0.4, 0.5) is 0 Å². The zero-order valence-corrected chi connectivity index (χ0v) is 20.7. The molecule has 0 fully saturated rings. The first-order chi connectivity index (χ1) is 17.2. The van der Waals surface area contributed by atoms with Crippen molar-refractivity contribution in [1.29, 1.82) is 0 Å². The molecule has 1 aliphatic carbocycles. The summed E-state index contributed by atoms with van der Waals surface area (Å²) in [6.07, 6.45) is 4.30. The maximum absolute atomic E-state index is 13.0. The summed E-state index contributed by atoms with van der Waals surface area (Å²) in [5.41, 5.74) is 1.89. The van der Waals surface area contributed by atoms with E-state index in [4.69, 9.17) is 23.9 Å². The molecule has 2 aromatic heterocycles. The third-order valence-corrected chi connectivity index (χ3v) is 7.20. The van der Waals surface area contributed by atoms with Gasteiger partial charge in [-0.1, -0.05) is 12.1 Å². The fourth-order valence-corrected chi connectivity index (χ4v) is 5.65. The van der Waals surface area contributed by atoms with Crippen molar-refractivity contribution in [2.24, 2.45) is 0 Å². The normalized spacial score (nSPS) is 12.9. The Hall–Kier alpha value is -3.52. The minimum atomic E-state index is -0.0730. The number of para-hydroxylation sites is 2. The molecular weight excluding hydrogens is 464 g/mol. The summed E-state index contributed by atoms with van der Waals surface area (Å²) < 4.78 is 22.9. The highest BCUT2D eigenvalue weighted by atomic mass is 32.1. The summed E-state index contributed by atoms with van der Waals surface area (Å²) in [4.78, 5) is 22.8. The van der Waals surface area contributed by atoms with Gasteiger partial charge in [-0.3, -0.25) is 4.79 Å². The SMILES string of the molecule is CCOc1cc(-c2nc3sc4c(c3c(=O)[nH]2)CCCC4)ccc1OCCOc1ccccc1OC. The van der Waals surface area contributed by atoms with Gasteiger partial charge in [0.2, 0.25) is 0 Å². The Morgan fingerprint density at radius 2 is 1.69 bits per heavy atom. The lowest BCUT2D eigenvalue weighted by Gasteiger charge is -2.14. The van der Waals surface area contributed by atoms with Crippen molar-refractivity contribution < 1.29 is 18.9 Å². The molecule has 1 N–H and O–H groups in total. The molecule has 0 atom stereocenters. The summed E-state index contributed by atoms with van der Waals surface area (Å²) in [5, 5.41) is 0.758. The van der Waals surface area contributed by atoms with Crippen LogP contribution in [0.2, 0.25) is 0 Å². The third-order valence-electron chi connectivity index (χ3n) is 6.01. The van der Waals surface area contributed by atoms with Crippen LogP contribution in [0.3, 0.4) is 0 Å². The average Bonchev–Trinajstić information content (AvgIpc) is 3.26. The lowest BCUT2D eigenvalue weighted by molar-refractivity contribution is 0.203. The average molecular weight is 493 g/mol. The zero-order chi connectivity index (χ0) is 24.2. The highest BCUT2D eigenvalue weighted by Gasteiger charge is 2.20. The van der Waals surface area contributed by atoms with Crippen LogP contribution in [0, 0.1) is 0 Å². The first-order valence-corrected chi connectivity index (χ1v) is 12.7. The minimum Gasteiger partial charge on any atom is -0.493 e. The number of ether oxygens (including phenoxy) is 4. The molecule has 0 unspecified atom stereocenters. The number of aromatic amines is 1. The minimum absolute atomic E-state index is 0.0730. The molecule has 0 saturated carbocycles. The first-order valence-electron chi connectivity index (χ1n) is 11.9. The van der Waals surface area contributed by atoms with Crippen molar-refractivity contribution in [3.8, 4) is 34.4 Å². The molecule has 35 heavy (non-hydrogen) atoms. The molecule has 2 aromatic carbocycles. The van der Waals surface area contributed by atoms with Crippen molar-refractivity contribution in [2.75, 3.05) is 26.9 Å². The van der Waals surface area contributed by atoms with E-state index in [1.54, 1.807) is 18.4 Å². The number of aromatic nitrogens is 2. The van der Waals surface area contributed by atoms with E-state index >= 15 is 0 Å². The Kier molecular flexibility index (Phi) is 6.90. The molecule has 2 heterocycles. The zero-order valence-electron chi connectivity index (χ0n) is 19.9. The second kappa shape index (κ2) is 10.4. The number of rotatable bonds is 9. The van der Waals surface area contributed by atoms with E-state index in [2.05, 4.69) is 4.98 Å². The van der Waals surface area contributed by atoms with Crippen molar-refractivity contribution in [2.45, 2.75) is 32.6 Å². The van der Waals surface area contributed by atoms with Crippen LogP contribution in [0.5, 0.6) is 23.0 Å². The smallest absolute Gasteiger partial charge is 0.260 e. The van der Waals surface area contributed by atoms with Crippen LogP contribution in [-0.2, 0) is 12.8 Å². The topological polar surface area (TPSA) is 82.7 Å². The number of methoxy groups -OCH3 is 1. The molecule has 7 nitrogen and oxygen atoms in total. The molecule has 182 valence electrons. The van der Waals surface area contributed by atoms with Crippen LogP contribution in [0.1, 0.15) is 30.2 Å². The molecule has 1 aliphatic rings. The summed E-state index contributed by atoms with van der Waals surface area (Å²) in [7, 11) is 1.61. The standard InChI is InChI=1S/C27H28N2O5S/c1-3-32-22-16-17(12-13-21(22)34-15-14-33-20-10-6-5-9-19(20)31-2)25-28-26(30)24-18-8-4-7-11-23(18)35-27(24)29-25/h5-6,9-10,12-13,16H,3-4,7-8,11,14-15H2,1-2H3,(H,28,29,30). The largest absolute Gasteiger partial charge is 0.493 e. The van der Waals surface area contributed by atoms with Gasteiger partial charge in [-0.2, -0.15) is 0 Å². The third kappa shape index (κ3) is 4.84. The van der Waals surface area contributed by atoms with Crippen molar-refractivity contribution >= 4 is 21.6 Å². The number of hydrogen-bond acceptors (Lipinski definition) is 7. The molecule has 0 bridgehead atoms.